The Balaban J connectivity index is 1.51. The predicted octanol–water partition coefficient (Wildman–Crippen LogP) is 4.20. The van der Waals surface area contributed by atoms with Gasteiger partial charge in [0.05, 0.1) is 6.54 Å². The van der Waals surface area contributed by atoms with Gasteiger partial charge in [0.1, 0.15) is 23.9 Å². The molecule has 0 aliphatic heterocycles. The molecule has 4 nitrogen and oxygen atoms in total. The van der Waals surface area contributed by atoms with Gasteiger partial charge in [-0.05, 0) is 61.0 Å². The summed E-state index contributed by atoms with van der Waals surface area (Å²) in [6, 6.07) is 16.9. The first kappa shape index (κ1) is 16.8. The lowest BCUT2D eigenvalue weighted by Gasteiger charge is -2.07. The highest BCUT2D eigenvalue weighted by atomic mass is 19.1. The number of benzene rings is 2. The van der Waals surface area contributed by atoms with Gasteiger partial charge in [-0.3, -0.25) is 4.79 Å². The third kappa shape index (κ3) is 4.47. The van der Waals surface area contributed by atoms with Crippen molar-refractivity contribution in [2.24, 2.45) is 0 Å². The number of nitrogens with one attached hydrogen (secondary N) is 1. The number of amides is 1. The van der Waals surface area contributed by atoms with E-state index in [-0.39, 0.29) is 17.5 Å². The second kappa shape index (κ2) is 7.66. The Morgan fingerprint density at radius 2 is 1.92 bits per heavy atom. The van der Waals surface area contributed by atoms with Crippen molar-refractivity contribution in [1.29, 1.82) is 0 Å². The highest BCUT2D eigenvalue weighted by Crippen LogP contribution is 2.22. The van der Waals surface area contributed by atoms with E-state index in [2.05, 4.69) is 5.32 Å². The number of halogens is 1. The third-order valence-electron chi connectivity index (χ3n) is 3.60. The van der Waals surface area contributed by atoms with Gasteiger partial charge in [0.25, 0.3) is 5.91 Å². The van der Waals surface area contributed by atoms with Crippen LogP contribution in [0.1, 0.15) is 16.1 Å². The van der Waals surface area contributed by atoms with Crippen molar-refractivity contribution in [3.05, 3.63) is 77.8 Å². The molecular formula is C20H18FNO3. The Kier molecular flexibility index (Phi) is 5.14. The topological polar surface area (TPSA) is 51.5 Å². The number of aryl methyl sites for hydroxylation is 1. The van der Waals surface area contributed by atoms with Gasteiger partial charge in [-0.25, -0.2) is 4.39 Å². The molecule has 0 spiro atoms. The fraction of sp³-hybridized carbons (Fsp3) is 0.150. The number of rotatable bonds is 6. The van der Waals surface area contributed by atoms with E-state index in [1.807, 2.05) is 31.2 Å². The summed E-state index contributed by atoms with van der Waals surface area (Å²) in [6.45, 7) is 2.71. The van der Waals surface area contributed by atoms with Gasteiger partial charge >= 0.3 is 0 Å². The first-order valence-electron chi connectivity index (χ1n) is 7.95. The first-order chi connectivity index (χ1) is 12.1. The zero-order valence-corrected chi connectivity index (χ0v) is 13.8. The summed E-state index contributed by atoms with van der Waals surface area (Å²) < 4.78 is 24.1. The minimum absolute atomic E-state index is 0.204. The molecule has 0 saturated heterocycles. The summed E-state index contributed by atoms with van der Waals surface area (Å²) in [5.41, 5.74) is 1.83. The lowest BCUT2D eigenvalue weighted by atomic mass is 10.2. The molecule has 0 unspecified atom stereocenters. The zero-order valence-electron chi connectivity index (χ0n) is 13.8. The van der Waals surface area contributed by atoms with Gasteiger partial charge < -0.3 is 14.5 Å². The quantitative estimate of drug-likeness (QED) is 0.685. The van der Waals surface area contributed by atoms with E-state index in [1.54, 1.807) is 24.3 Å². The molecular weight excluding hydrogens is 321 g/mol. The molecule has 1 aromatic heterocycles. The van der Waals surface area contributed by atoms with E-state index in [1.165, 1.54) is 12.1 Å². The Morgan fingerprint density at radius 1 is 1.12 bits per heavy atom. The minimum atomic E-state index is -0.318. The van der Waals surface area contributed by atoms with Gasteiger partial charge in [-0.1, -0.05) is 12.1 Å². The molecule has 3 rings (SSSR count). The van der Waals surface area contributed by atoms with Crippen molar-refractivity contribution in [2.45, 2.75) is 6.92 Å². The molecule has 0 saturated carbocycles. The maximum absolute atomic E-state index is 12.9. The summed E-state index contributed by atoms with van der Waals surface area (Å²) in [6.07, 6.45) is 0. The molecule has 0 atom stereocenters. The molecule has 3 aromatic rings. The number of ether oxygens (including phenoxy) is 1. The smallest absolute Gasteiger partial charge is 0.287 e. The fourth-order valence-electron chi connectivity index (χ4n) is 2.35. The van der Waals surface area contributed by atoms with Gasteiger partial charge in [0.15, 0.2) is 5.76 Å². The van der Waals surface area contributed by atoms with Crippen LogP contribution in [0.2, 0.25) is 0 Å². The summed E-state index contributed by atoms with van der Waals surface area (Å²) in [4.78, 5) is 12.1. The van der Waals surface area contributed by atoms with Crippen molar-refractivity contribution in [3.8, 4) is 17.1 Å². The second-order valence-electron chi connectivity index (χ2n) is 5.59. The molecule has 2 aromatic carbocycles. The van der Waals surface area contributed by atoms with Crippen LogP contribution in [0.5, 0.6) is 5.75 Å². The Labute approximate surface area is 145 Å². The van der Waals surface area contributed by atoms with Crippen molar-refractivity contribution < 1.29 is 18.3 Å². The molecule has 128 valence electrons. The van der Waals surface area contributed by atoms with Gasteiger partial charge in [0.2, 0.25) is 0 Å². The summed E-state index contributed by atoms with van der Waals surface area (Å²) in [5.74, 6) is 0.852. The van der Waals surface area contributed by atoms with E-state index in [9.17, 15) is 9.18 Å². The van der Waals surface area contributed by atoms with Crippen LogP contribution in [-0.2, 0) is 0 Å². The normalized spacial score (nSPS) is 10.5. The largest absolute Gasteiger partial charge is 0.492 e. The zero-order chi connectivity index (χ0) is 17.6. The van der Waals surface area contributed by atoms with Crippen LogP contribution < -0.4 is 10.1 Å². The van der Waals surface area contributed by atoms with Crippen LogP contribution in [0, 0.1) is 12.7 Å². The highest BCUT2D eigenvalue weighted by Gasteiger charge is 2.12. The molecule has 1 heterocycles. The Hall–Kier alpha value is -3.08. The molecule has 25 heavy (non-hydrogen) atoms. The Bertz CT molecular complexity index is 855. The summed E-state index contributed by atoms with van der Waals surface area (Å²) >= 11 is 0. The number of carbonyl (C=O) groups excluding carboxylic acids is 1. The van der Waals surface area contributed by atoms with Gasteiger partial charge in [0, 0.05) is 5.56 Å². The molecule has 0 aliphatic rings. The molecule has 0 radical (unpaired) electrons. The lowest BCUT2D eigenvalue weighted by molar-refractivity contribution is 0.0920. The minimum Gasteiger partial charge on any atom is -0.492 e. The highest BCUT2D eigenvalue weighted by molar-refractivity contribution is 5.92. The van der Waals surface area contributed by atoms with Crippen LogP contribution in [0.4, 0.5) is 4.39 Å². The molecule has 0 fully saturated rings. The number of carbonyl (C=O) groups is 1. The predicted molar refractivity (Wildman–Crippen MR) is 93.1 cm³/mol. The second-order valence-corrected chi connectivity index (χ2v) is 5.59. The maximum atomic E-state index is 12.9. The molecule has 1 amide bonds. The molecule has 1 N–H and O–H groups in total. The average molecular weight is 339 g/mol. The summed E-state index contributed by atoms with van der Waals surface area (Å²) in [5, 5.41) is 2.74. The van der Waals surface area contributed by atoms with Crippen LogP contribution in [0.15, 0.2) is 65.1 Å². The number of furan rings is 1. The van der Waals surface area contributed by atoms with Crippen molar-refractivity contribution in [2.75, 3.05) is 13.2 Å². The van der Waals surface area contributed by atoms with Crippen LogP contribution >= 0.6 is 0 Å². The first-order valence-corrected chi connectivity index (χ1v) is 7.95. The van der Waals surface area contributed by atoms with Crippen molar-refractivity contribution in [3.63, 3.8) is 0 Å². The van der Waals surface area contributed by atoms with Crippen LogP contribution in [-0.4, -0.2) is 19.1 Å². The molecule has 0 bridgehead atoms. The monoisotopic (exact) mass is 339 g/mol. The standard InChI is InChI=1S/C20H18FNO3/c1-14-3-2-4-17(13-14)24-12-11-22-20(23)19-10-9-18(25-19)15-5-7-16(21)8-6-15/h2-10,13H,11-12H2,1H3,(H,22,23). The van der Waals surface area contributed by atoms with Gasteiger partial charge in [-0.15, -0.1) is 0 Å². The van der Waals surface area contributed by atoms with Crippen molar-refractivity contribution >= 4 is 5.91 Å². The molecule has 5 heteroatoms. The van der Waals surface area contributed by atoms with Crippen LogP contribution in [0.25, 0.3) is 11.3 Å². The van der Waals surface area contributed by atoms with Crippen molar-refractivity contribution in [1.82, 2.24) is 5.32 Å². The summed E-state index contributed by atoms with van der Waals surface area (Å²) in [7, 11) is 0. The third-order valence-corrected chi connectivity index (χ3v) is 3.60. The average Bonchev–Trinajstić information content (AvgIpc) is 3.09. The maximum Gasteiger partial charge on any atom is 0.287 e. The van der Waals surface area contributed by atoms with E-state index in [0.717, 1.165) is 11.3 Å². The molecule has 0 aliphatic carbocycles. The number of hydrogen-bond acceptors (Lipinski definition) is 3. The van der Waals surface area contributed by atoms with E-state index >= 15 is 0 Å². The Morgan fingerprint density at radius 3 is 2.68 bits per heavy atom. The number of hydrogen-bond donors (Lipinski definition) is 1. The van der Waals surface area contributed by atoms with E-state index in [4.69, 9.17) is 9.15 Å². The lowest BCUT2D eigenvalue weighted by Crippen LogP contribution is -2.27. The van der Waals surface area contributed by atoms with Gasteiger partial charge in [-0.2, -0.15) is 0 Å². The SMILES string of the molecule is Cc1cccc(OCCNC(=O)c2ccc(-c3ccc(F)cc3)o2)c1. The van der Waals surface area contributed by atoms with E-state index < -0.39 is 0 Å². The van der Waals surface area contributed by atoms with Crippen LogP contribution in [0.3, 0.4) is 0 Å². The van der Waals surface area contributed by atoms with E-state index in [0.29, 0.717) is 24.5 Å². The fourth-order valence-corrected chi connectivity index (χ4v) is 2.35.